The predicted molar refractivity (Wildman–Crippen MR) is 62.7 cm³/mol. The third-order valence-electron chi connectivity index (χ3n) is 2.15. The largest absolute Gasteiger partial charge is 0.480 e. The fourth-order valence-electron chi connectivity index (χ4n) is 1.35. The first-order chi connectivity index (χ1) is 9.01. The summed E-state index contributed by atoms with van der Waals surface area (Å²) in [6.45, 7) is 1.96. The summed E-state index contributed by atoms with van der Waals surface area (Å²) < 4.78 is 35.5. The van der Waals surface area contributed by atoms with Crippen molar-refractivity contribution < 1.29 is 32.7 Å². The van der Waals surface area contributed by atoms with Crippen LogP contribution in [0, 0.1) is 5.92 Å². The maximum Gasteiger partial charge on any atom is 0.405 e. The van der Waals surface area contributed by atoms with Crippen LogP contribution in [-0.2, 0) is 14.4 Å². The lowest BCUT2D eigenvalue weighted by Crippen LogP contribution is -2.44. The number of hydrogen-bond donors (Lipinski definition) is 3. The molecule has 0 saturated carbocycles. The highest BCUT2D eigenvalue weighted by Crippen LogP contribution is 2.12. The minimum Gasteiger partial charge on any atom is -0.480 e. The van der Waals surface area contributed by atoms with Gasteiger partial charge in [-0.2, -0.15) is 13.2 Å². The second-order valence-corrected chi connectivity index (χ2v) is 4.66. The van der Waals surface area contributed by atoms with Gasteiger partial charge in [-0.15, -0.1) is 0 Å². The van der Waals surface area contributed by atoms with Crippen molar-refractivity contribution in [1.82, 2.24) is 10.6 Å². The molecule has 0 aliphatic heterocycles. The first kappa shape index (κ1) is 18.2. The van der Waals surface area contributed by atoms with E-state index in [4.69, 9.17) is 5.11 Å². The van der Waals surface area contributed by atoms with Crippen LogP contribution in [0.4, 0.5) is 13.2 Å². The van der Waals surface area contributed by atoms with E-state index in [0.29, 0.717) is 0 Å². The van der Waals surface area contributed by atoms with Crippen LogP contribution in [0.3, 0.4) is 0 Å². The molecule has 2 amide bonds. The van der Waals surface area contributed by atoms with E-state index < -0.39 is 43.0 Å². The number of carboxylic acid groups (broad SMARTS) is 1. The van der Waals surface area contributed by atoms with Crippen molar-refractivity contribution in [1.29, 1.82) is 0 Å². The average molecular weight is 298 g/mol. The monoisotopic (exact) mass is 298 g/mol. The quantitative estimate of drug-likeness (QED) is 0.602. The average Bonchev–Trinajstić information content (AvgIpc) is 2.23. The lowest BCUT2D eigenvalue weighted by Gasteiger charge is -2.16. The van der Waals surface area contributed by atoms with Crippen molar-refractivity contribution in [3.05, 3.63) is 0 Å². The van der Waals surface area contributed by atoms with E-state index in [-0.39, 0.29) is 12.3 Å². The number of carbonyl (C=O) groups excluding carboxylic acids is 2. The Morgan fingerprint density at radius 1 is 1.15 bits per heavy atom. The minimum absolute atomic E-state index is 0.00421. The van der Waals surface area contributed by atoms with Gasteiger partial charge in [0.15, 0.2) is 0 Å². The van der Waals surface area contributed by atoms with Gasteiger partial charge >= 0.3 is 12.1 Å². The number of alkyl halides is 3. The van der Waals surface area contributed by atoms with E-state index in [1.807, 2.05) is 0 Å². The normalized spacial score (nSPS) is 12.9. The highest BCUT2D eigenvalue weighted by atomic mass is 19.4. The van der Waals surface area contributed by atoms with Gasteiger partial charge in [0.2, 0.25) is 11.8 Å². The molecule has 0 aromatic rings. The number of carboxylic acids is 1. The Hall–Kier alpha value is -1.80. The molecule has 0 radical (unpaired) electrons. The molecule has 3 N–H and O–H groups in total. The summed E-state index contributed by atoms with van der Waals surface area (Å²) in [5.41, 5.74) is 0. The Bertz CT molecular complexity index is 369. The lowest BCUT2D eigenvalue weighted by atomic mass is 10.0. The Morgan fingerprint density at radius 3 is 2.10 bits per heavy atom. The zero-order chi connectivity index (χ0) is 15.9. The summed E-state index contributed by atoms with van der Waals surface area (Å²) in [5, 5.41) is 12.5. The molecule has 0 aliphatic rings. The van der Waals surface area contributed by atoms with E-state index >= 15 is 0 Å². The van der Waals surface area contributed by atoms with Gasteiger partial charge in [-0.1, -0.05) is 13.8 Å². The van der Waals surface area contributed by atoms with E-state index in [1.165, 1.54) is 5.32 Å². The number of halogens is 3. The zero-order valence-electron chi connectivity index (χ0n) is 11.1. The minimum atomic E-state index is -4.56. The van der Waals surface area contributed by atoms with Crippen molar-refractivity contribution in [3.63, 3.8) is 0 Å². The number of rotatable bonds is 7. The van der Waals surface area contributed by atoms with Gasteiger partial charge in [0.25, 0.3) is 0 Å². The molecule has 9 heteroatoms. The fourth-order valence-corrected chi connectivity index (χ4v) is 1.35. The predicted octanol–water partition coefficient (Wildman–Crippen LogP) is 0.670. The van der Waals surface area contributed by atoms with E-state index in [9.17, 15) is 27.6 Å². The molecule has 0 aromatic carbocycles. The van der Waals surface area contributed by atoms with Crippen molar-refractivity contribution in [2.75, 3.05) is 6.54 Å². The van der Waals surface area contributed by atoms with Crippen LogP contribution in [0.1, 0.15) is 26.7 Å². The van der Waals surface area contributed by atoms with Crippen molar-refractivity contribution in [2.45, 2.75) is 38.9 Å². The first-order valence-electron chi connectivity index (χ1n) is 5.87. The maximum absolute atomic E-state index is 11.8. The summed E-state index contributed by atoms with van der Waals surface area (Å²) in [4.78, 5) is 33.3. The standard InChI is InChI=1S/C11H17F3N2O4/c1-6(2)3-7(10(19)20)16-9(18)4-8(17)15-5-11(12,13)14/h6-7H,3-5H2,1-2H3,(H,15,17)(H,16,18)(H,19,20). The van der Waals surface area contributed by atoms with Crippen LogP contribution in [0.5, 0.6) is 0 Å². The maximum atomic E-state index is 11.8. The molecule has 0 spiro atoms. The summed E-state index contributed by atoms with van der Waals surface area (Å²) in [5.74, 6) is -3.32. The Labute approximate surface area is 113 Å². The summed E-state index contributed by atoms with van der Waals surface area (Å²) in [6.07, 6.45) is -5.25. The van der Waals surface area contributed by atoms with E-state index in [0.717, 1.165) is 0 Å². The first-order valence-corrected chi connectivity index (χ1v) is 5.87. The second-order valence-electron chi connectivity index (χ2n) is 4.66. The molecule has 0 heterocycles. The fraction of sp³-hybridized carbons (Fsp3) is 0.727. The topological polar surface area (TPSA) is 95.5 Å². The van der Waals surface area contributed by atoms with Crippen LogP contribution >= 0.6 is 0 Å². The van der Waals surface area contributed by atoms with Gasteiger partial charge in [-0.25, -0.2) is 4.79 Å². The molecular weight excluding hydrogens is 281 g/mol. The van der Waals surface area contributed by atoms with Crippen LogP contribution in [0.25, 0.3) is 0 Å². The number of hydrogen-bond acceptors (Lipinski definition) is 3. The van der Waals surface area contributed by atoms with Gasteiger partial charge in [0, 0.05) is 0 Å². The molecule has 0 aliphatic carbocycles. The van der Waals surface area contributed by atoms with Crippen LogP contribution < -0.4 is 10.6 Å². The SMILES string of the molecule is CC(C)CC(NC(=O)CC(=O)NCC(F)(F)F)C(=O)O. The molecule has 116 valence electrons. The molecule has 20 heavy (non-hydrogen) atoms. The molecular formula is C11H17F3N2O4. The third kappa shape index (κ3) is 9.17. The molecule has 1 atom stereocenters. The summed E-state index contributed by atoms with van der Waals surface area (Å²) in [7, 11) is 0. The summed E-state index contributed by atoms with van der Waals surface area (Å²) >= 11 is 0. The van der Waals surface area contributed by atoms with Gasteiger partial charge in [-0.05, 0) is 12.3 Å². The number of nitrogens with one attached hydrogen (secondary N) is 2. The van der Waals surface area contributed by atoms with Crippen LogP contribution in [0.15, 0.2) is 0 Å². The zero-order valence-corrected chi connectivity index (χ0v) is 11.1. The van der Waals surface area contributed by atoms with E-state index in [1.54, 1.807) is 13.8 Å². The summed E-state index contributed by atoms with van der Waals surface area (Å²) in [6, 6.07) is -1.17. The molecule has 0 aromatic heterocycles. The Balaban J connectivity index is 4.25. The van der Waals surface area contributed by atoms with Gasteiger partial charge < -0.3 is 15.7 Å². The molecule has 0 fully saturated rings. The number of amides is 2. The molecule has 0 saturated heterocycles. The van der Waals surface area contributed by atoms with Crippen LogP contribution in [-0.4, -0.2) is 41.7 Å². The highest BCUT2D eigenvalue weighted by molar-refractivity contribution is 5.98. The number of aliphatic carboxylic acids is 1. The van der Waals surface area contributed by atoms with Crippen LogP contribution in [0.2, 0.25) is 0 Å². The van der Waals surface area contributed by atoms with Crippen molar-refractivity contribution in [2.24, 2.45) is 5.92 Å². The molecule has 6 nitrogen and oxygen atoms in total. The second kappa shape index (κ2) is 7.71. The third-order valence-corrected chi connectivity index (χ3v) is 2.15. The Kier molecular flexibility index (Phi) is 7.01. The van der Waals surface area contributed by atoms with Gasteiger partial charge in [0.1, 0.15) is 19.0 Å². The number of carbonyl (C=O) groups is 3. The van der Waals surface area contributed by atoms with Crippen molar-refractivity contribution in [3.8, 4) is 0 Å². The van der Waals surface area contributed by atoms with E-state index in [2.05, 4.69) is 5.32 Å². The smallest absolute Gasteiger partial charge is 0.405 e. The highest BCUT2D eigenvalue weighted by Gasteiger charge is 2.28. The molecule has 0 bridgehead atoms. The molecule has 1 unspecified atom stereocenters. The van der Waals surface area contributed by atoms with Crippen molar-refractivity contribution >= 4 is 17.8 Å². The van der Waals surface area contributed by atoms with Gasteiger partial charge in [-0.3, -0.25) is 9.59 Å². The lowest BCUT2D eigenvalue weighted by molar-refractivity contribution is -0.144. The Morgan fingerprint density at radius 2 is 1.70 bits per heavy atom. The molecule has 0 rings (SSSR count). The van der Waals surface area contributed by atoms with Gasteiger partial charge in [0.05, 0.1) is 0 Å².